The van der Waals surface area contributed by atoms with Gasteiger partial charge in [0.15, 0.2) is 0 Å². The van der Waals surface area contributed by atoms with Crippen molar-refractivity contribution in [1.29, 1.82) is 0 Å². The number of hydrogen-bond acceptors (Lipinski definition) is 6. The molecule has 1 aromatic heterocycles. The van der Waals surface area contributed by atoms with E-state index in [1.54, 1.807) is 0 Å². The van der Waals surface area contributed by atoms with E-state index in [0.29, 0.717) is 52.0 Å². The van der Waals surface area contributed by atoms with E-state index < -0.39 is 0 Å². The minimum Gasteiger partial charge on any atom is -0.464 e. The van der Waals surface area contributed by atoms with Gasteiger partial charge < -0.3 is 19.0 Å². The van der Waals surface area contributed by atoms with Gasteiger partial charge in [-0.1, -0.05) is 0 Å². The zero-order chi connectivity index (χ0) is 20.2. The van der Waals surface area contributed by atoms with Crippen molar-refractivity contribution in [2.24, 2.45) is 0 Å². The summed E-state index contributed by atoms with van der Waals surface area (Å²) in [4.78, 5) is 33.7. The highest BCUT2D eigenvalue weighted by Crippen LogP contribution is 2.29. The SMILES string of the molecule is Cc1ccc(CN(C(=O)CN2CCN(C(=O)CN3CCOCC3)CC2)C2CC2)o1. The lowest BCUT2D eigenvalue weighted by Gasteiger charge is -2.36. The molecule has 0 atom stereocenters. The van der Waals surface area contributed by atoms with Crippen molar-refractivity contribution >= 4 is 11.8 Å². The number of amides is 2. The Morgan fingerprint density at radius 3 is 2.31 bits per heavy atom. The van der Waals surface area contributed by atoms with Crippen molar-refractivity contribution in [2.75, 3.05) is 65.6 Å². The van der Waals surface area contributed by atoms with Gasteiger partial charge in [-0.2, -0.15) is 0 Å². The molecule has 0 N–H and O–H groups in total. The molecule has 0 radical (unpaired) electrons. The monoisotopic (exact) mass is 404 g/mol. The minimum atomic E-state index is 0.162. The molecule has 0 bridgehead atoms. The Hall–Kier alpha value is -1.90. The standard InChI is InChI=1S/C21H32N4O4/c1-17-2-5-19(29-17)14-25(18-3-4-18)21(27)16-22-6-8-24(9-7-22)20(26)15-23-10-12-28-13-11-23/h2,5,18H,3-4,6-16H2,1H3. The van der Waals surface area contributed by atoms with E-state index in [4.69, 9.17) is 9.15 Å². The third-order valence-electron chi connectivity index (χ3n) is 5.98. The van der Waals surface area contributed by atoms with Crippen LogP contribution in [0.3, 0.4) is 0 Å². The quantitative estimate of drug-likeness (QED) is 0.661. The maximum atomic E-state index is 12.9. The van der Waals surface area contributed by atoms with Crippen LogP contribution in [0.4, 0.5) is 0 Å². The fourth-order valence-electron chi connectivity index (χ4n) is 4.03. The van der Waals surface area contributed by atoms with Gasteiger partial charge in [-0.25, -0.2) is 0 Å². The van der Waals surface area contributed by atoms with Crippen LogP contribution in [-0.2, 0) is 20.9 Å². The van der Waals surface area contributed by atoms with Crippen molar-refractivity contribution in [3.63, 3.8) is 0 Å². The minimum absolute atomic E-state index is 0.162. The molecule has 2 saturated heterocycles. The summed E-state index contributed by atoms with van der Waals surface area (Å²) in [6.07, 6.45) is 2.16. The second-order valence-corrected chi connectivity index (χ2v) is 8.31. The van der Waals surface area contributed by atoms with E-state index in [9.17, 15) is 9.59 Å². The van der Waals surface area contributed by atoms with E-state index in [2.05, 4.69) is 9.80 Å². The first-order valence-corrected chi connectivity index (χ1v) is 10.7. The van der Waals surface area contributed by atoms with Gasteiger partial charge >= 0.3 is 0 Å². The van der Waals surface area contributed by atoms with Crippen LogP contribution in [0.2, 0.25) is 0 Å². The van der Waals surface area contributed by atoms with Crippen molar-refractivity contribution in [3.8, 4) is 0 Å². The maximum absolute atomic E-state index is 12.9. The summed E-state index contributed by atoms with van der Waals surface area (Å²) >= 11 is 0. The first kappa shape index (κ1) is 20.4. The Bertz CT molecular complexity index is 703. The van der Waals surface area contributed by atoms with Crippen LogP contribution in [0, 0.1) is 6.92 Å². The molecule has 29 heavy (non-hydrogen) atoms. The van der Waals surface area contributed by atoms with E-state index >= 15 is 0 Å². The Kier molecular flexibility index (Phi) is 6.52. The summed E-state index contributed by atoms with van der Waals surface area (Å²) in [5.74, 6) is 2.07. The van der Waals surface area contributed by atoms with Gasteiger partial charge in [0.25, 0.3) is 0 Å². The largest absolute Gasteiger partial charge is 0.464 e. The van der Waals surface area contributed by atoms with Crippen LogP contribution in [-0.4, -0.2) is 103 Å². The molecule has 1 saturated carbocycles. The van der Waals surface area contributed by atoms with Gasteiger partial charge in [0.2, 0.25) is 11.8 Å². The zero-order valence-corrected chi connectivity index (χ0v) is 17.3. The predicted molar refractivity (Wildman–Crippen MR) is 107 cm³/mol. The van der Waals surface area contributed by atoms with Crippen LogP contribution in [0.5, 0.6) is 0 Å². The number of nitrogens with zero attached hydrogens (tertiary/aromatic N) is 4. The Labute approximate surface area is 172 Å². The van der Waals surface area contributed by atoms with Gasteiger partial charge in [-0.3, -0.25) is 19.4 Å². The van der Waals surface area contributed by atoms with Gasteiger partial charge in [-0.15, -0.1) is 0 Å². The number of aryl methyl sites for hydroxylation is 1. The average molecular weight is 405 g/mol. The molecule has 8 heteroatoms. The van der Waals surface area contributed by atoms with Crippen LogP contribution >= 0.6 is 0 Å². The Morgan fingerprint density at radius 1 is 1.00 bits per heavy atom. The fourth-order valence-corrected chi connectivity index (χ4v) is 4.03. The molecule has 1 aliphatic carbocycles. The molecule has 4 rings (SSSR count). The molecule has 3 heterocycles. The predicted octanol–water partition coefficient (Wildman–Crippen LogP) is 0.555. The highest BCUT2D eigenvalue weighted by molar-refractivity contribution is 5.79. The van der Waals surface area contributed by atoms with Crippen molar-refractivity contribution in [2.45, 2.75) is 32.4 Å². The molecule has 0 aromatic carbocycles. The van der Waals surface area contributed by atoms with Crippen LogP contribution in [0.15, 0.2) is 16.5 Å². The molecule has 3 fully saturated rings. The van der Waals surface area contributed by atoms with Gasteiger partial charge in [0.1, 0.15) is 11.5 Å². The number of furan rings is 1. The lowest BCUT2D eigenvalue weighted by molar-refractivity contribution is -0.137. The molecule has 1 aromatic rings. The van der Waals surface area contributed by atoms with Gasteiger partial charge in [-0.05, 0) is 31.9 Å². The third kappa shape index (κ3) is 5.58. The Balaban J connectivity index is 1.23. The van der Waals surface area contributed by atoms with E-state index in [-0.39, 0.29) is 11.8 Å². The fraction of sp³-hybridized carbons (Fsp3) is 0.714. The molecule has 8 nitrogen and oxygen atoms in total. The second kappa shape index (κ2) is 9.28. The first-order chi connectivity index (χ1) is 14.1. The number of rotatable bonds is 7. The summed E-state index contributed by atoms with van der Waals surface area (Å²) in [5, 5.41) is 0. The first-order valence-electron chi connectivity index (χ1n) is 10.7. The lowest BCUT2D eigenvalue weighted by Crippen LogP contribution is -2.54. The average Bonchev–Trinajstić information content (AvgIpc) is 3.48. The molecule has 2 aliphatic heterocycles. The van der Waals surface area contributed by atoms with E-state index in [1.165, 1.54) is 0 Å². The maximum Gasteiger partial charge on any atom is 0.237 e. The summed E-state index contributed by atoms with van der Waals surface area (Å²) in [6, 6.07) is 4.25. The van der Waals surface area contributed by atoms with Crippen LogP contribution in [0.1, 0.15) is 24.4 Å². The van der Waals surface area contributed by atoms with Crippen LogP contribution < -0.4 is 0 Å². The smallest absolute Gasteiger partial charge is 0.237 e. The summed E-state index contributed by atoms with van der Waals surface area (Å²) in [6.45, 7) is 9.31. The van der Waals surface area contributed by atoms with Crippen molar-refractivity contribution in [1.82, 2.24) is 19.6 Å². The normalized spacial score (nSPS) is 21.3. The highest BCUT2D eigenvalue weighted by Gasteiger charge is 2.34. The number of carbonyl (C=O) groups excluding carboxylic acids is 2. The molecular formula is C21H32N4O4. The Morgan fingerprint density at radius 2 is 1.69 bits per heavy atom. The zero-order valence-electron chi connectivity index (χ0n) is 17.3. The summed E-state index contributed by atoms with van der Waals surface area (Å²) in [7, 11) is 0. The molecule has 3 aliphatic rings. The van der Waals surface area contributed by atoms with Gasteiger partial charge in [0.05, 0.1) is 32.8 Å². The number of hydrogen-bond donors (Lipinski definition) is 0. The number of piperazine rings is 1. The molecular weight excluding hydrogens is 372 g/mol. The number of ether oxygens (including phenoxy) is 1. The van der Waals surface area contributed by atoms with Crippen molar-refractivity contribution in [3.05, 3.63) is 23.7 Å². The summed E-state index contributed by atoms with van der Waals surface area (Å²) < 4.78 is 11.0. The van der Waals surface area contributed by atoms with E-state index in [1.807, 2.05) is 28.9 Å². The van der Waals surface area contributed by atoms with Gasteiger partial charge in [0, 0.05) is 45.3 Å². The van der Waals surface area contributed by atoms with E-state index in [0.717, 1.165) is 50.5 Å². The highest BCUT2D eigenvalue weighted by atomic mass is 16.5. The second-order valence-electron chi connectivity index (χ2n) is 8.31. The molecule has 2 amide bonds. The molecule has 0 unspecified atom stereocenters. The van der Waals surface area contributed by atoms with Crippen molar-refractivity contribution < 1.29 is 18.7 Å². The summed E-state index contributed by atoms with van der Waals surface area (Å²) in [5.41, 5.74) is 0. The lowest BCUT2D eigenvalue weighted by atomic mass is 10.2. The topological polar surface area (TPSA) is 69.5 Å². The van der Waals surface area contributed by atoms with Crippen LogP contribution in [0.25, 0.3) is 0 Å². The molecule has 0 spiro atoms. The number of morpholine rings is 1. The number of carbonyl (C=O) groups is 2. The third-order valence-corrected chi connectivity index (χ3v) is 5.98. The molecule has 160 valence electrons.